The standard InChI is InChI=1S/C22H22N6O3/c1-14-4-3-5-17-20(14)24-13-28(22(17)30)11-10-19(29)23-12-18-25-21(27-26-18)15-6-8-16(31-2)9-7-15/h3-9,13H,10-12H2,1-2H3,(H,23,29)(H,25,26,27). The Morgan fingerprint density at radius 2 is 2.00 bits per heavy atom. The number of fused-ring (bicyclic) bond motifs is 1. The van der Waals surface area contributed by atoms with Gasteiger partial charge in [0.15, 0.2) is 5.82 Å². The van der Waals surface area contributed by atoms with E-state index in [1.54, 1.807) is 13.2 Å². The SMILES string of the molecule is COc1ccc(-c2n[nH]c(CNC(=O)CCn3cnc4c(C)cccc4c3=O)n2)cc1. The number of methoxy groups -OCH3 is 1. The van der Waals surface area contributed by atoms with Crippen molar-refractivity contribution in [1.29, 1.82) is 0 Å². The molecule has 0 aliphatic rings. The summed E-state index contributed by atoms with van der Waals surface area (Å²) in [5.74, 6) is 1.64. The highest BCUT2D eigenvalue weighted by atomic mass is 16.5. The van der Waals surface area contributed by atoms with Crippen LogP contribution in [-0.4, -0.2) is 37.7 Å². The van der Waals surface area contributed by atoms with Gasteiger partial charge in [0.2, 0.25) is 5.91 Å². The van der Waals surface area contributed by atoms with E-state index < -0.39 is 0 Å². The summed E-state index contributed by atoms with van der Waals surface area (Å²) in [5, 5.41) is 10.3. The van der Waals surface area contributed by atoms with Crippen LogP contribution in [0.5, 0.6) is 5.75 Å². The van der Waals surface area contributed by atoms with Gasteiger partial charge in [0.05, 0.1) is 30.9 Å². The van der Waals surface area contributed by atoms with Gasteiger partial charge >= 0.3 is 0 Å². The fourth-order valence-corrected chi connectivity index (χ4v) is 3.23. The van der Waals surface area contributed by atoms with Crippen LogP contribution in [0, 0.1) is 6.92 Å². The van der Waals surface area contributed by atoms with Crippen molar-refractivity contribution in [2.45, 2.75) is 26.4 Å². The average Bonchev–Trinajstić information content (AvgIpc) is 3.27. The molecule has 9 heteroatoms. The first-order chi connectivity index (χ1) is 15.0. The van der Waals surface area contributed by atoms with Crippen LogP contribution in [-0.2, 0) is 17.9 Å². The van der Waals surface area contributed by atoms with Gasteiger partial charge in [-0.25, -0.2) is 9.97 Å². The van der Waals surface area contributed by atoms with Crippen molar-refractivity contribution >= 4 is 16.8 Å². The minimum absolute atomic E-state index is 0.151. The Bertz CT molecular complexity index is 1280. The molecule has 31 heavy (non-hydrogen) atoms. The Hall–Kier alpha value is -4.01. The zero-order valence-electron chi connectivity index (χ0n) is 17.3. The first kappa shape index (κ1) is 20.3. The molecular formula is C22H22N6O3. The lowest BCUT2D eigenvalue weighted by Gasteiger charge is -2.08. The van der Waals surface area contributed by atoms with Crippen LogP contribution in [0.2, 0.25) is 0 Å². The lowest BCUT2D eigenvalue weighted by molar-refractivity contribution is -0.121. The van der Waals surface area contributed by atoms with Crippen molar-refractivity contribution in [3.05, 3.63) is 70.5 Å². The van der Waals surface area contributed by atoms with Crippen LogP contribution in [0.3, 0.4) is 0 Å². The van der Waals surface area contributed by atoms with Gasteiger partial charge in [0.1, 0.15) is 11.6 Å². The second-order valence-electron chi connectivity index (χ2n) is 7.08. The van der Waals surface area contributed by atoms with E-state index in [4.69, 9.17) is 4.74 Å². The number of aromatic nitrogens is 5. The minimum Gasteiger partial charge on any atom is -0.497 e. The van der Waals surface area contributed by atoms with E-state index in [0.29, 0.717) is 22.6 Å². The van der Waals surface area contributed by atoms with Crippen molar-refractivity contribution in [1.82, 2.24) is 30.0 Å². The Kier molecular flexibility index (Phi) is 5.74. The van der Waals surface area contributed by atoms with Crippen LogP contribution in [0.25, 0.3) is 22.3 Å². The summed E-state index contributed by atoms with van der Waals surface area (Å²) in [4.78, 5) is 33.6. The molecule has 9 nitrogen and oxygen atoms in total. The third-order valence-corrected chi connectivity index (χ3v) is 4.97. The molecule has 0 fully saturated rings. The molecule has 0 saturated carbocycles. The maximum absolute atomic E-state index is 12.6. The second-order valence-corrected chi connectivity index (χ2v) is 7.08. The maximum atomic E-state index is 12.6. The molecule has 0 radical (unpaired) electrons. The predicted molar refractivity (Wildman–Crippen MR) is 116 cm³/mol. The molecular weight excluding hydrogens is 396 g/mol. The Labute approximate surface area is 178 Å². The van der Waals surface area contributed by atoms with Crippen LogP contribution in [0.4, 0.5) is 0 Å². The van der Waals surface area contributed by atoms with Gasteiger partial charge in [-0.05, 0) is 42.8 Å². The molecule has 4 aromatic rings. The molecule has 2 N–H and O–H groups in total. The van der Waals surface area contributed by atoms with Crippen molar-refractivity contribution in [2.24, 2.45) is 0 Å². The van der Waals surface area contributed by atoms with Gasteiger partial charge in [-0.2, -0.15) is 5.10 Å². The largest absolute Gasteiger partial charge is 0.497 e. The molecule has 2 aromatic heterocycles. The second kappa shape index (κ2) is 8.78. The van der Waals surface area contributed by atoms with Gasteiger partial charge < -0.3 is 10.1 Å². The monoisotopic (exact) mass is 418 g/mol. The van der Waals surface area contributed by atoms with E-state index in [1.807, 2.05) is 43.3 Å². The molecule has 0 aliphatic heterocycles. The zero-order chi connectivity index (χ0) is 21.8. The number of nitrogens with one attached hydrogen (secondary N) is 2. The number of carbonyl (C=O) groups excluding carboxylic acids is 1. The Balaban J connectivity index is 1.34. The molecule has 0 saturated heterocycles. The summed E-state index contributed by atoms with van der Waals surface area (Å²) in [5.41, 5.74) is 2.32. The third-order valence-electron chi connectivity index (χ3n) is 4.97. The van der Waals surface area contributed by atoms with Gasteiger partial charge in [0, 0.05) is 18.5 Å². The number of carbonyl (C=O) groups is 1. The molecule has 0 spiro atoms. The van der Waals surface area contributed by atoms with Gasteiger partial charge in [-0.3, -0.25) is 19.3 Å². The number of hydrogen-bond acceptors (Lipinski definition) is 6. The number of hydrogen-bond donors (Lipinski definition) is 2. The highest BCUT2D eigenvalue weighted by molar-refractivity contribution is 5.80. The maximum Gasteiger partial charge on any atom is 0.261 e. The first-order valence-electron chi connectivity index (χ1n) is 9.82. The molecule has 0 bridgehead atoms. The van der Waals surface area contributed by atoms with E-state index in [1.165, 1.54) is 10.9 Å². The summed E-state index contributed by atoms with van der Waals surface area (Å²) in [6.45, 7) is 2.37. The van der Waals surface area contributed by atoms with Crippen LogP contribution >= 0.6 is 0 Å². The average molecular weight is 418 g/mol. The van der Waals surface area contributed by atoms with Crippen LogP contribution in [0.15, 0.2) is 53.6 Å². The number of H-pyrrole nitrogens is 1. The topological polar surface area (TPSA) is 115 Å². The van der Waals surface area contributed by atoms with Crippen molar-refractivity contribution in [2.75, 3.05) is 7.11 Å². The molecule has 2 aromatic carbocycles. The number of ether oxygens (including phenoxy) is 1. The Morgan fingerprint density at radius 1 is 1.19 bits per heavy atom. The summed E-state index contributed by atoms with van der Waals surface area (Å²) >= 11 is 0. The normalized spacial score (nSPS) is 10.9. The van der Waals surface area contributed by atoms with Crippen molar-refractivity contribution < 1.29 is 9.53 Å². The van der Waals surface area contributed by atoms with Crippen molar-refractivity contribution in [3.8, 4) is 17.1 Å². The van der Waals surface area contributed by atoms with Gasteiger partial charge in [-0.15, -0.1) is 0 Å². The van der Waals surface area contributed by atoms with Crippen LogP contribution < -0.4 is 15.6 Å². The quantitative estimate of drug-likeness (QED) is 0.476. The smallest absolute Gasteiger partial charge is 0.261 e. The molecule has 0 unspecified atom stereocenters. The molecule has 4 rings (SSSR count). The number of para-hydroxylation sites is 1. The van der Waals surface area contributed by atoms with Crippen LogP contribution in [0.1, 0.15) is 17.8 Å². The number of amides is 1. The van der Waals surface area contributed by atoms with E-state index in [-0.39, 0.29) is 31.0 Å². The van der Waals surface area contributed by atoms with Crippen molar-refractivity contribution in [3.63, 3.8) is 0 Å². The molecule has 0 aliphatic carbocycles. The molecule has 0 atom stereocenters. The summed E-state index contributed by atoms with van der Waals surface area (Å²) < 4.78 is 6.60. The fourth-order valence-electron chi connectivity index (χ4n) is 3.23. The summed E-state index contributed by atoms with van der Waals surface area (Å²) in [7, 11) is 1.61. The lowest BCUT2D eigenvalue weighted by atomic mass is 10.1. The molecule has 2 heterocycles. The number of nitrogens with zero attached hydrogens (tertiary/aromatic N) is 4. The number of benzene rings is 2. The summed E-state index contributed by atoms with van der Waals surface area (Å²) in [6.07, 6.45) is 1.64. The number of aromatic amines is 1. The predicted octanol–water partition coefficient (Wildman–Crippen LogP) is 2.21. The zero-order valence-corrected chi connectivity index (χ0v) is 17.3. The van der Waals surface area contributed by atoms with E-state index in [9.17, 15) is 9.59 Å². The van der Waals surface area contributed by atoms with E-state index >= 15 is 0 Å². The number of aryl methyl sites for hydroxylation is 2. The summed E-state index contributed by atoms with van der Waals surface area (Å²) in [6, 6.07) is 12.9. The van der Waals surface area contributed by atoms with Gasteiger partial charge in [-0.1, -0.05) is 12.1 Å². The lowest BCUT2D eigenvalue weighted by Crippen LogP contribution is -2.27. The number of rotatable bonds is 7. The van der Waals surface area contributed by atoms with E-state index in [0.717, 1.165) is 16.9 Å². The highest BCUT2D eigenvalue weighted by Crippen LogP contribution is 2.18. The third kappa shape index (κ3) is 4.45. The molecule has 1 amide bonds. The van der Waals surface area contributed by atoms with E-state index in [2.05, 4.69) is 25.5 Å². The Morgan fingerprint density at radius 3 is 2.77 bits per heavy atom. The minimum atomic E-state index is -0.196. The first-order valence-corrected chi connectivity index (χ1v) is 9.82. The molecule has 158 valence electrons. The van der Waals surface area contributed by atoms with Gasteiger partial charge in [0.25, 0.3) is 5.56 Å². The fraction of sp³-hybridized carbons (Fsp3) is 0.227. The highest BCUT2D eigenvalue weighted by Gasteiger charge is 2.10.